The summed E-state index contributed by atoms with van der Waals surface area (Å²) in [4.78, 5) is 2.50. The quantitative estimate of drug-likeness (QED) is 0.807. The molecule has 0 aromatic heterocycles. The van der Waals surface area contributed by atoms with Crippen LogP contribution >= 0.6 is 0 Å². The van der Waals surface area contributed by atoms with Gasteiger partial charge in [-0.15, -0.1) is 0 Å². The number of hydrogen-bond acceptors (Lipinski definition) is 4. The Kier molecular flexibility index (Phi) is 5.24. The second-order valence-corrected chi connectivity index (χ2v) is 7.60. The first-order valence-electron chi connectivity index (χ1n) is 7.49. The fourth-order valence-electron chi connectivity index (χ4n) is 2.81. The summed E-state index contributed by atoms with van der Waals surface area (Å²) in [7, 11) is -1.40. The van der Waals surface area contributed by atoms with Crippen LogP contribution in [0.2, 0.25) is 0 Å². The minimum Gasteiger partial charge on any atom is -0.398 e. The molecule has 1 aromatic rings. The zero-order valence-corrected chi connectivity index (χ0v) is 13.6. The number of nitrogens with two attached hydrogens (primary N) is 1. The van der Waals surface area contributed by atoms with E-state index >= 15 is 0 Å². The summed E-state index contributed by atoms with van der Waals surface area (Å²) in [5.74, 6) is 0.380. The predicted molar refractivity (Wildman–Crippen MR) is 85.6 cm³/mol. The molecule has 1 heterocycles. The molecule has 6 heteroatoms. The molecule has 2 rings (SSSR count). The summed E-state index contributed by atoms with van der Waals surface area (Å²) in [6, 6.07) is 4.97. The maximum Gasteiger partial charge on any atom is 0.240 e. The summed E-state index contributed by atoms with van der Waals surface area (Å²) in [5, 5.41) is 0. The first kappa shape index (κ1) is 16.3. The summed E-state index contributed by atoms with van der Waals surface area (Å²) in [5.41, 5.74) is 7.40. The van der Waals surface area contributed by atoms with Gasteiger partial charge in [0.1, 0.15) is 0 Å². The fourth-order valence-corrected chi connectivity index (χ4v) is 3.96. The monoisotopic (exact) mass is 311 g/mol. The lowest BCUT2D eigenvalue weighted by molar-refractivity contribution is 0.211. The molecule has 1 atom stereocenters. The van der Waals surface area contributed by atoms with Crippen molar-refractivity contribution in [2.45, 2.75) is 31.1 Å². The van der Waals surface area contributed by atoms with E-state index in [1.807, 2.05) is 6.92 Å². The average Bonchev–Trinajstić information content (AvgIpc) is 2.45. The Hall–Kier alpha value is -1.11. The van der Waals surface area contributed by atoms with Gasteiger partial charge in [0.15, 0.2) is 0 Å². The Labute approximate surface area is 127 Å². The third-order valence-electron chi connectivity index (χ3n) is 4.09. The molecule has 118 valence electrons. The number of hydrogen-bond donors (Lipinski definition) is 2. The zero-order valence-electron chi connectivity index (χ0n) is 12.8. The maximum atomic E-state index is 12.3. The topological polar surface area (TPSA) is 75.4 Å². The van der Waals surface area contributed by atoms with E-state index in [9.17, 15) is 8.42 Å². The van der Waals surface area contributed by atoms with Gasteiger partial charge in [-0.25, -0.2) is 13.1 Å². The normalized spacial score (nSPS) is 20.6. The van der Waals surface area contributed by atoms with Crippen LogP contribution in [0.15, 0.2) is 23.1 Å². The molecule has 1 unspecified atom stereocenters. The van der Waals surface area contributed by atoms with E-state index in [2.05, 4.69) is 16.7 Å². The third kappa shape index (κ3) is 4.18. The number of nitrogens with zero attached hydrogens (tertiary/aromatic N) is 1. The average molecular weight is 311 g/mol. The highest BCUT2D eigenvalue weighted by molar-refractivity contribution is 7.89. The van der Waals surface area contributed by atoms with E-state index < -0.39 is 10.0 Å². The first-order chi connectivity index (χ1) is 9.92. The lowest BCUT2D eigenvalue weighted by Crippen LogP contribution is -2.39. The third-order valence-corrected chi connectivity index (χ3v) is 5.51. The van der Waals surface area contributed by atoms with Crippen LogP contribution in [0.25, 0.3) is 0 Å². The lowest BCUT2D eigenvalue weighted by atomic mass is 9.99. The summed E-state index contributed by atoms with van der Waals surface area (Å²) < 4.78 is 27.4. The number of nitrogen functional groups attached to an aromatic ring is 1. The zero-order chi connectivity index (χ0) is 15.5. The highest BCUT2D eigenvalue weighted by atomic mass is 32.2. The van der Waals surface area contributed by atoms with Crippen molar-refractivity contribution >= 4 is 15.7 Å². The van der Waals surface area contributed by atoms with E-state index in [0.717, 1.165) is 37.9 Å². The molecule has 5 nitrogen and oxygen atoms in total. The van der Waals surface area contributed by atoms with Gasteiger partial charge in [-0.3, -0.25) is 0 Å². The van der Waals surface area contributed by atoms with Crippen molar-refractivity contribution in [3.05, 3.63) is 23.8 Å². The Morgan fingerprint density at radius 1 is 1.43 bits per heavy atom. The Balaban J connectivity index is 2.02. The van der Waals surface area contributed by atoms with Crippen LogP contribution in [0.1, 0.15) is 25.3 Å². The van der Waals surface area contributed by atoms with Gasteiger partial charge in [-0.2, -0.15) is 0 Å². The number of rotatable bonds is 5. The molecule has 21 heavy (non-hydrogen) atoms. The van der Waals surface area contributed by atoms with Gasteiger partial charge in [0, 0.05) is 18.8 Å². The van der Waals surface area contributed by atoms with Gasteiger partial charge < -0.3 is 10.6 Å². The predicted octanol–water partition coefficient (Wildman–Crippen LogP) is 1.45. The van der Waals surface area contributed by atoms with Gasteiger partial charge >= 0.3 is 0 Å². The number of aryl methyl sites for hydroxylation is 1. The van der Waals surface area contributed by atoms with E-state index in [1.54, 1.807) is 18.2 Å². The van der Waals surface area contributed by atoms with Crippen molar-refractivity contribution in [1.29, 1.82) is 0 Å². The van der Waals surface area contributed by atoms with Gasteiger partial charge in [-0.05, 0) is 56.5 Å². The van der Waals surface area contributed by atoms with E-state index in [4.69, 9.17) is 5.73 Å². The lowest BCUT2D eigenvalue weighted by Gasteiger charge is -2.29. The largest absolute Gasteiger partial charge is 0.398 e. The molecular formula is C15H25N3O2S. The van der Waals surface area contributed by atoms with Crippen LogP contribution in [-0.2, 0) is 16.4 Å². The fraction of sp³-hybridized carbons (Fsp3) is 0.600. The van der Waals surface area contributed by atoms with Crippen molar-refractivity contribution < 1.29 is 8.42 Å². The van der Waals surface area contributed by atoms with Crippen molar-refractivity contribution in [2.24, 2.45) is 5.92 Å². The van der Waals surface area contributed by atoms with Gasteiger partial charge in [-0.1, -0.05) is 13.0 Å². The number of piperidine rings is 1. The molecule has 0 bridgehead atoms. The molecule has 0 spiro atoms. The molecule has 1 fully saturated rings. The second-order valence-electron chi connectivity index (χ2n) is 5.84. The summed E-state index contributed by atoms with van der Waals surface area (Å²) in [6.45, 7) is 4.53. The van der Waals surface area contributed by atoms with Crippen LogP contribution in [0.4, 0.5) is 5.69 Å². The highest BCUT2D eigenvalue weighted by Gasteiger charge is 2.21. The summed E-state index contributed by atoms with van der Waals surface area (Å²) >= 11 is 0. The maximum absolute atomic E-state index is 12.3. The summed E-state index contributed by atoms with van der Waals surface area (Å²) in [6.07, 6.45) is 3.00. The van der Waals surface area contributed by atoms with E-state index in [1.165, 1.54) is 0 Å². The Bertz CT molecular complexity index is 587. The molecule has 0 radical (unpaired) electrons. The van der Waals surface area contributed by atoms with Gasteiger partial charge in [0.2, 0.25) is 10.0 Å². The van der Waals surface area contributed by atoms with E-state index in [-0.39, 0.29) is 4.90 Å². The Morgan fingerprint density at radius 2 is 2.19 bits per heavy atom. The molecule has 3 N–H and O–H groups in total. The molecule has 0 saturated carbocycles. The van der Waals surface area contributed by atoms with Crippen molar-refractivity contribution in [3.8, 4) is 0 Å². The van der Waals surface area contributed by atoms with Crippen LogP contribution in [-0.4, -0.2) is 40.0 Å². The molecule has 1 aliphatic rings. The minimum absolute atomic E-state index is 0.251. The standard InChI is InChI=1S/C15H25N3O2S/c1-3-13-6-7-14(9-15(13)16)21(19,20)17-10-12-5-4-8-18(2)11-12/h6-7,9,12,17H,3-5,8,10-11,16H2,1-2H3. The van der Waals surface area contributed by atoms with Crippen LogP contribution in [0.3, 0.4) is 0 Å². The first-order valence-corrected chi connectivity index (χ1v) is 8.97. The number of anilines is 1. The molecule has 1 aromatic carbocycles. The van der Waals surface area contributed by atoms with Crippen molar-refractivity contribution in [2.75, 3.05) is 32.4 Å². The molecular weight excluding hydrogens is 286 g/mol. The van der Waals surface area contributed by atoms with Crippen molar-refractivity contribution in [3.63, 3.8) is 0 Å². The van der Waals surface area contributed by atoms with Crippen LogP contribution < -0.4 is 10.5 Å². The molecule has 1 aliphatic heterocycles. The number of benzene rings is 1. The highest BCUT2D eigenvalue weighted by Crippen LogP contribution is 2.19. The van der Waals surface area contributed by atoms with Gasteiger partial charge in [0.05, 0.1) is 4.90 Å². The minimum atomic E-state index is -3.47. The van der Waals surface area contributed by atoms with Crippen LogP contribution in [0, 0.1) is 5.92 Å². The number of likely N-dealkylation sites (tertiary alicyclic amines) is 1. The molecule has 0 amide bonds. The molecule has 1 saturated heterocycles. The van der Waals surface area contributed by atoms with E-state index in [0.29, 0.717) is 18.2 Å². The Morgan fingerprint density at radius 3 is 2.81 bits per heavy atom. The number of sulfonamides is 1. The SMILES string of the molecule is CCc1ccc(S(=O)(=O)NCC2CCCN(C)C2)cc1N. The van der Waals surface area contributed by atoms with Crippen LogP contribution in [0.5, 0.6) is 0 Å². The molecule has 0 aliphatic carbocycles. The smallest absolute Gasteiger partial charge is 0.240 e. The van der Waals surface area contributed by atoms with Crippen molar-refractivity contribution in [1.82, 2.24) is 9.62 Å². The van der Waals surface area contributed by atoms with Gasteiger partial charge in [0.25, 0.3) is 0 Å². The number of nitrogens with one attached hydrogen (secondary N) is 1. The second kappa shape index (κ2) is 6.77.